The maximum Gasteiger partial charge on any atom is 0.275 e. The van der Waals surface area contributed by atoms with Crippen molar-refractivity contribution in [2.45, 2.75) is 12.5 Å². The van der Waals surface area contributed by atoms with Crippen molar-refractivity contribution in [3.63, 3.8) is 0 Å². The first-order valence-corrected chi connectivity index (χ1v) is 8.90. The molecule has 3 aromatic rings. The molecule has 8 nitrogen and oxygen atoms in total. The number of aromatic nitrogens is 4. The van der Waals surface area contributed by atoms with Crippen molar-refractivity contribution in [3.8, 4) is 5.88 Å². The summed E-state index contributed by atoms with van der Waals surface area (Å²) in [5.41, 5.74) is 1.44. The van der Waals surface area contributed by atoms with Crippen molar-refractivity contribution < 1.29 is 9.53 Å². The van der Waals surface area contributed by atoms with Crippen molar-refractivity contribution in [3.05, 3.63) is 42.4 Å². The van der Waals surface area contributed by atoms with Crippen molar-refractivity contribution >= 4 is 22.6 Å². The number of aryl methyl sites for hydroxylation is 1. The summed E-state index contributed by atoms with van der Waals surface area (Å²) < 4.78 is 7.79. The third-order valence-corrected chi connectivity index (χ3v) is 4.74. The number of ether oxygens (including phenoxy) is 1. The predicted molar refractivity (Wildman–Crippen MR) is 102 cm³/mol. The molecule has 8 heteroatoms. The molecule has 140 valence electrons. The van der Waals surface area contributed by atoms with Crippen LogP contribution in [-0.4, -0.2) is 63.8 Å². The van der Waals surface area contributed by atoms with Gasteiger partial charge >= 0.3 is 0 Å². The van der Waals surface area contributed by atoms with Gasteiger partial charge in [0.2, 0.25) is 0 Å². The Labute approximate surface area is 157 Å². The van der Waals surface area contributed by atoms with E-state index in [1.165, 1.54) is 0 Å². The SMILES string of the molecule is CN(C)c1nccnc1OC1CCN(C(=O)c2nn(C)c3ccccc23)C1. The largest absolute Gasteiger partial charge is 0.470 e. The van der Waals surface area contributed by atoms with Crippen LogP contribution in [0, 0.1) is 0 Å². The molecule has 0 saturated carbocycles. The third-order valence-electron chi connectivity index (χ3n) is 4.74. The second kappa shape index (κ2) is 6.86. The monoisotopic (exact) mass is 366 g/mol. The molecule has 2 aromatic heterocycles. The van der Waals surface area contributed by atoms with Gasteiger partial charge in [-0.15, -0.1) is 0 Å². The summed E-state index contributed by atoms with van der Waals surface area (Å²) in [4.78, 5) is 25.3. The van der Waals surface area contributed by atoms with E-state index < -0.39 is 0 Å². The van der Waals surface area contributed by atoms with Crippen LogP contribution < -0.4 is 9.64 Å². The lowest BCUT2D eigenvalue weighted by atomic mass is 10.2. The van der Waals surface area contributed by atoms with Gasteiger partial charge in [-0.05, 0) is 6.07 Å². The van der Waals surface area contributed by atoms with Crippen LogP contribution >= 0.6 is 0 Å². The summed E-state index contributed by atoms with van der Waals surface area (Å²) in [6.45, 7) is 1.14. The summed E-state index contributed by atoms with van der Waals surface area (Å²) in [5.74, 6) is 1.10. The fourth-order valence-electron chi connectivity index (χ4n) is 3.40. The van der Waals surface area contributed by atoms with Crippen LogP contribution in [0.25, 0.3) is 10.9 Å². The zero-order chi connectivity index (χ0) is 19.0. The molecule has 1 amide bonds. The molecule has 1 atom stereocenters. The van der Waals surface area contributed by atoms with Crippen molar-refractivity contribution in [1.29, 1.82) is 0 Å². The normalized spacial score (nSPS) is 16.7. The first kappa shape index (κ1) is 17.3. The van der Waals surface area contributed by atoms with E-state index in [-0.39, 0.29) is 12.0 Å². The standard InChI is InChI=1S/C19H22N6O2/c1-23(2)17-18(21-10-9-20-17)27-13-8-11-25(12-13)19(26)16-14-6-4-5-7-15(14)24(3)22-16/h4-7,9-10,13H,8,11-12H2,1-3H3. The number of hydrogen-bond donors (Lipinski definition) is 0. The molecule has 1 fully saturated rings. The average molecular weight is 366 g/mol. The van der Waals surface area contributed by atoms with Gasteiger partial charge < -0.3 is 14.5 Å². The Balaban J connectivity index is 1.50. The number of nitrogens with zero attached hydrogens (tertiary/aromatic N) is 6. The van der Waals surface area contributed by atoms with E-state index in [4.69, 9.17) is 4.74 Å². The molecule has 0 aliphatic carbocycles. The lowest BCUT2D eigenvalue weighted by molar-refractivity contribution is 0.0766. The Bertz CT molecular complexity index is 983. The first-order valence-electron chi connectivity index (χ1n) is 8.90. The number of benzene rings is 1. The van der Waals surface area contributed by atoms with Crippen LogP contribution in [0.4, 0.5) is 5.82 Å². The van der Waals surface area contributed by atoms with Crippen LogP contribution in [0.15, 0.2) is 36.7 Å². The van der Waals surface area contributed by atoms with E-state index in [9.17, 15) is 4.79 Å². The first-order chi connectivity index (χ1) is 13.0. The van der Waals surface area contributed by atoms with Crippen LogP contribution in [0.5, 0.6) is 5.88 Å². The number of fused-ring (bicyclic) bond motifs is 1. The fourth-order valence-corrected chi connectivity index (χ4v) is 3.40. The van der Waals surface area contributed by atoms with Crippen molar-refractivity contribution in [2.75, 3.05) is 32.1 Å². The van der Waals surface area contributed by atoms with Gasteiger partial charge in [0, 0.05) is 51.9 Å². The van der Waals surface area contributed by atoms with Gasteiger partial charge in [0.25, 0.3) is 11.8 Å². The number of anilines is 1. The van der Waals surface area contributed by atoms with Crippen LogP contribution in [0.2, 0.25) is 0 Å². The summed E-state index contributed by atoms with van der Waals surface area (Å²) in [6.07, 6.45) is 3.89. The molecular weight excluding hydrogens is 344 g/mol. The van der Waals surface area contributed by atoms with Crippen molar-refractivity contribution in [2.24, 2.45) is 7.05 Å². The lowest BCUT2D eigenvalue weighted by Crippen LogP contribution is -2.31. The number of amides is 1. The van der Waals surface area contributed by atoms with Gasteiger partial charge in [0.15, 0.2) is 11.5 Å². The average Bonchev–Trinajstić information content (AvgIpc) is 3.27. The molecule has 4 rings (SSSR count). The Kier molecular flexibility index (Phi) is 4.39. The number of para-hydroxylation sites is 1. The summed E-state index contributed by atoms with van der Waals surface area (Å²) in [5, 5.41) is 5.31. The minimum absolute atomic E-state index is 0.0649. The van der Waals surface area contributed by atoms with Crippen LogP contribution in [0.1, 0.15) is 16.9 Å². The highest BCUT2D eigenvalue weighted by molar-refractivity contribution is 6.04. The molecule has 0 bridgehead atoms. The molecule has 1 unspecified atom stereocenters. The molecule has 3 heterocycles. The van der Waals surface area contributed by atoms with Gasteiger partial charge in [0.05, 0.1) is 12.1 Å². The Morgan fingerprint density at radius 1 is 1.22 bits per heavy atom. The van der Waals surface area contributed by atoms with E-state index in [1.807, 2.05) is 50.3 Å². The summed E-state index contributed by atoms with van der Waals surface area (Å²) >= 11 is 0. The van der Waals surface area contributed by atoms with Gasteiger partial charge in [-0.2, -0.15) is 5.10 Å². The second-order valence-electron chi connectivity index (χ2n) is 6.85. The third kappa shape index (κ3) is 3.18. The number of carbonyl (C=O) groups excluding carboxylic acids is 1. The molecule has 1 aliphatic heterocycles. The highest BCUT2D eigenvalue weighted by Gasteiger charge is 2.31. The predicted octanol–water partition coefficient (Wildman–Crippen LogP) is 1.72. The maximum atomic E-state index is 13.0. The molecule has 27 heavy (non-hydrogen) atoms. The minimum Gasteiger partial charge on any atom is -0.470 e. The Morgan fingerprint density at radius 2 is 2.00 bits per heavy atom. The zero-order valence-corrected chi connectivity index (χ0v) is 15.7. The van der Waals surface area contributed by atoms with E-state index in [1.54, 1.807) is 22.0 Å². The molecule has 0 N–H and O–H groups in total. The molecule has 1 saturated heterocycles. The number of likely N-dealkylation sites (tertiary alicyclic amines) is 1. The topological polar surface area (TPSA) is 76.4 Å². The van der Waals surface area contributed by atoms with Gasteiger partial charge in [-0.25, -0.2) is 9.97 Å². The minimum atomic E-state index is -0.112. The van der Waals surface area contributed by atoms with Gasteiger partial charge in [-0.1, -0.05) is 18.2 Å². The molecule has 1 aromatic carbocycles. The van der Waals surface area contributed by atoms with E-state index in [0.29, 0.717) is 30.5 Å². The zero-order valence-electron chi connectivity index (χ0n) is 15.7. The highest BCUT2D eigenvalue weighted by Crippen LogP contribution is 2.26. The number of rotatable bonds is 4. The smallest absolute Gasteiger partial charge is 0.275 e. The van der Waals surface area contributed by atoms with Crippen LogP contribution in [-0.2, 0) is 7.05 Å². The van der Waals surface area contributed by atoms with E-state index in [2.05, 4.69) is 15.1 Å². The van der Waals surface area contributed by atoms with Crippen molar-refractivity contribution in [1.82, 2.24) is 24.6 Å². The second-order valence-corrected chi connectivity index (χ2v) is 6.85. The molecule has 0 spiro atoms. The molecule has 0 radical (unpaired) electrons. The van der Waals surface area contributed by atoms with Gasteiger partial charge in [-0.3, -0.25) is 9.48 Å². The Hall–Kier alpha value is -3.16. The summed E-state index contributed by atoms with van der Waals surface area (Å²) in [6, 6.07) is 7.77. The van der Waals surface area contributed by atoms with E-state index >= 15 is 0 Å². The highest BCUT2D eigenvalue weighted by atomic mass is 16.5. The summed E-state index contributed by atoms with van der Waals surface area (Å²) in [7, 11) is 5.65. The molecule has 1 aliphatic rings. The Morgan fingerprint density at radius 3 is 2.81 bits per heavy atom. The van der Waals surface area contributed by atoms with Gasteiger partial charge in [0.1, 0.15) is 6.10 Å². The lowest BCUT2D eigenvalue weighted by Gasteiger charge is -2.19. The number of hydrogen-bond acceptors (Lipinski definition) is 6. The fraction of sp³-hybridized carbons (Fsp3) is 0.368. The number of carbonyl (C=O) groups is 1. The maximum absolute atomic E-state index is 13.0. The van der Waals surface area contributed by atoms with Crippen LogP contribution in [0.3, 0.4) is 0 Å². The van der Waals surface area contributed by atoms with E-state index in [0.717, 1.165) is 17.3 Å². The molecular formula is C19H22N6O2. The quantitative estimate of drug-likeness (QED) is 0.700.